The highest BCUT2D eigenvalue weighted by Gasteiger charge is 2.33. The second kappa shape index (κ2) is 5.66. The SMILES string of the molecule is N.O=C(O)C1CC2=c3ccccc3=NC2=C(C2CCC2)CN1. The number of fused-ring (bicyclic) bond motifs is 2. The Morgan fingerprint density at radius 1 is 1.27 bits per heavy atom. The summed E-state index contributed by atoms with van der Waals surface area (Å²) in [6.07, 6.45) is 4.20. The van der Waals surface area contributed by atoms with Crippen molar-refractivity contribution in [2.24, 2.45) is 10.9 Å². The summed E-state index contributed by atoms with van der Waals surface area (Å²) < 4.78 is 0. The Kier molecular flexibility index (Phi) is 3.85. The summed E-state index contributed by atoms with van der Waals surface area (Å²) >= 11 is 0. The van der Waals surface area contributed by atoms with E-state index in [0.717, 1.165) is 21.8 Å². The number of hydrogen-bond acceptors (Lipinski definition) is 4. The van der Waals surface area contributed by atoms with Gasteiger partial charge in [0.05, 0.1) is 11.1 Å². The lowest BCUT2D eigenvalue weighted by Crippen LogP contribution is -2.38. The van der Waals surface area contributed by atoms with Crippen LogP contribution in [0.4, 0.5) is 0 Å². The number of aliphatic carboxylic acids is 1. The van der Waals surface area contributed by atoms with Crippen LogP contribution in [-0.4, -0.2) is 23.7 Å². The second-order valence-corrected chi connectivity index (χ2v) is 6.09. The molecule has 1 unspecified atom stereocenters. The Morgan fingerprint density at radius 2 is 2.05 bits per heavy atom. The molecule has 2 aliphatic heterocycles. The van der Waals surface area contributed by atoms with Gasteiger partial charge in [-0.15, -0.1) is 0 Å². The van der Waals surface area contributed by atoms with E-state index in [2.05, 4.69) is 11.4 Å². The van der Waals surface area contributed by atoms with Gasteiger partial charge in [-0.3, -0.25) is 4.79 Å². The van der Waals surface area contributed by atoms with Crippen molar-refractivity contribution >= 4 is 11.5 Å². The third-order valence-electron chi connectivity index (χ3n) is 4.89. The molecule has 0 radical (unpaired) electrons. The molecule has 5 N–H and O–H groups in total. The maximum Gasteiger partial charge on any atom is 0.321 e. The summed E-state index contributed by atoms with van der Waals surface area (Å²) in [4.78, 5) is 16.3. The number of carbonyl (C=O) groups is 1. The van der Waals surface area contributed by atoms with Gasteiger partial charge in [0, 0.05) is 18.2 Å². The average Bonchev–Trinajstić information content (AvgIpc) is 2.68. The lowest BCUT2D eigenvalue weighted by Gasteiger charge is -2.29. The van der Waals surface area contributed by atoms with Gasteiger partial charge in [-0.05, 0) is 36.0 Å². The van der Waals surface area contributed by atoms with E-state index in [4.69, 9.17) is 4.99 Å². The average molecular weight is 299 g/mol. The van der Waals surface area contributed by atoms with Crippen molar-refractivity contribution in [3.05, 3.63) is 46.1 Å². The molecule has 0 amide bonds. The molecule has 0 spiro atoms. The zero-order chi connectivity index (χ0) is 14.4. The van der Waals surface area contributed by atoms with Crippen LogP contribution >= 0.6 is 0 Å². The minimum Gasteiger partial charge on any atom is -0.480 e. The largest absolute Gasteiger partial charge is 0.480 e. The molecule has 1 fully saturated rings. The van der Waals surface area contributed by atoms with Crippen LogP contribution in [0, 0.1) is 5.92 Å². The molecule has 0 bridgehead atoms. The van der Waals surface area contributed by atoms with Gasteiger partial charge < -0.3 is 16.6 Å². The van der Waals surface area contributed by atoms with Crippen molar-refractivity contribution in [1.82, 2.24) is 11.5 Å². The van der Waals surface area contributed by atoms with E-state index < -0.39 is 12.0 Å². The number of para-hydroxylation sites is 1. The summed E-state index contributed by atoms with van der Waals surface area (Å²) in [5.41, 5.74) is 3.50. The molecule has 4 rings (SSSR count). The summed E-state index contributed by atoms with van der Waals surface area (Å²) in [5.74, 6) is -0.200. The molecule has 1 aliphatic carbocycles. The normalized spacial score (nSPS) is 23.6. The van der Waals surface area contributed by atoms with E-state index in [1.54, 1.807) is 0 Å². The van der Waals surface area contributed by atoms with Crippen LogP contribution in [-0.2, 0) is 4.79 Å². The number of rotatable bonds is 2. The van der Waals surface area contributed by atoms with Gasteiger partial charge in [0.1, 0.15) is 6.04 Å². The van der Waals surface area contributed by atoms with E-state index in [1.807, 2.05) is 18.2 Å². The minimum atomic E-state index is -0.777. The molecular weight excluding hydrogens is 278 g/mol. The molecule has 2 heterocycles. The number of hydrogen-bond donors (Lipinski definition) is 3. The molecule has 0 aromatic heterocycles. The Labute approximate surface area is 129 Å². The van der Waals surface area contributed by atoms with Gasteiger partial charge >= 0.3 is 5.97 Å². The molecule has 0 saturated heterocycles. The standard InChI is InChI=1S/C17H18N2O2.H3N/c20-17(21)15-8-12-11-6-1-2-7-14(11)19-16(12)13(9-18-15)10-4-3-5-10;/h1-2,6-7,10,15,18H,3-5,8-9H2,(H,20,21);1H3. The fourth-order valence-electron chi connectivity index (χ4n) is 3.48. The highest BCUT2D eigenvalue weighted by Crippen LogP contribution is 2.38. The van der Waals surface area contributed by atoms with Crippen LogP contribution in [0.2, 0.25) is 0 Å². The first-order chi connectivity index (χ1) is 10.2. The van der Waals surface area contributed by atoms with Gasteiger partial charge in [0.15, 0.2) is 0 Å². The molecule has 1 saturated carbocycles. The van der Waals surface area contributed by atoms with Crippen LogP contribution in [0.15, 0.2) is 40.5 Å². The van der Waals surface area contributed by atoms with E-state index >= 15 is 0 Å². The number of nitrogens with zero attached hydrogens (tertiary/aromatic N) is 1. The molecule has 5 nitrogen and oxygen atoms in total. The van der Waals surface area contributed by atoms with Crippen molar-refractivity contribution < 1.29 is 9.90 Å². The number of allylic oxidation sites excluding steroid dienone is 1. The van der Waals surface area contributed by atoms with Crippen molar-refractivity contribution in [2.45, 2.75) is 31.7 Å². The van der Waals surface area contributed by atoms with Crippen LogP contribution in [0.5, 0.6) is 0 Å². The summed E-state index contributed by atoms with van der Waals surface area (Å²) in [6, 6.07) is 7.55. The molecular formula is C17H21N3O2. The minimum absolute atomic E-state index is 0. The van der Waals surface area contributed by atoms with E-state index in [1.165, 1.54) is 24.8 Å². The Balaban J connectivity index is 0.00000144. The molecule has 116 valence electrons. The first-order valence-corrected chi connectivity index (χ1v) is 7.60. The van der Waals surface area contributed by atoms with E-state index in [0.29, 0.717) is 18.9 Å². The summed E-state index contributed by atoms with van der Waals surface area (Å²) in [7, 11) is 0. The molecule has 1 aromatic rings. The van der Waals surface area contributed by atoms with Crippen LogP contribution in [0.25, 0.3) is 5.57 Å². The molecule has 22 heavy (non-hydrogen) atoms. The number of benzene rings is 1. The second-order valence-electron chi connectivity index (χ2n) is 6.09. The first kappa shape index (κ1) is 14.9. The maximum absolute atomic E-state index is 11.4. The fraction of sp³-hybridized carbons (Fsp3) is 0.412. The van der Waals surface area contributed by atoms with Gasteiger partial charge in [0.25, 0.3) is 0 Å². The zero-order valence-corrected chi connectivity index (χ0v) is 12.5. The van der Waals surface area contributed by atoms with E-state index in [-0.39, 0.29) is 6.15 Å². The number of nitrogens with one attached hydrogen (secondary N) is 1. The van der Waals surface area contributed by atoms with Gasteiger partial charge in [-0.25, -0.2) is 4.99 Å². The predicted octanol–water partition coefficient (Wildman–Crippen LogP) is 1.13. The Morgan fingerprint density at radius 3 is 2.73 bits per heavy atom. The summed E-state index contributed by atoms with van der Waals surface area (Å²) in [5, 5.41) is 14.7. The molecule has 1 atom stereocenters. The Hall–Kier alpha value is -1.98. The third-order valence-corrected chi connectivity index (χ3v) is 4.89. The van der Waals surface area contributed by atoms with Gasteiger partial charge in [-0.2, -0.15) is 0 Å². The van der Waals surface area contributed by atoms with E-state index in [9.17, 15) is 9.90 Å². The zero-order valence-electron chi connectivity index (χ0n) is 12.5. The smallest absolute Gasteiger partial charge is 0.321 e. The predicted molar refractivity (Wildman–Crippen MR) is 84.1 cm³/mol. The first-order valence-electron chi connectivity index (χ1n) is 7.60. The highest BCUT2D eigenvalue weighted by molar-refractivity contribution is 5.79. The maximum atomic E-state index is 11.4. The van der Waals surface area contributed by atoms with Crippen LogP contribution < -0.4 is 22.0 Å². The quantitative estimate of drug-likeness (QED) is 0.762. The van der Waals surface area contributed by atoms with Crippen LogP contribution in [0.1, 0.15) is 25.7 Å². The third kappa shape index (κ3) is 2.26. The van der Waals surface area contributed by atoms with Gasteiger partial charge in [-0.1, -0.05) is 24.6 Å². The van der Waals surface area contributed by atoms with Crippen molar-refractivity contribution in [1.29, 1.82) is 0 Å². The molecule has 1 aromatic carbocycles. The number of carboxylic acid groups (broad SMARTS) is 1. The van der Waals surface area contributed by atoms with Crippen molar-refractivity contribution in [3.8, 4) is 0 Å². The lowest BCUT2D eigenvalue weighted by atomic mass is 9.78. The Bertz CT molecular complexity index is 762. The van der Waals surface area contributed by atoms with Gasteiger partial charge in [0.2, 0.25) is 0 Å². The van der Waals surface area contributed by atoms with Crippen molar-refractivity contribution in [3.63, 3.8) is 0 Å². The fourth-order valence-corrected chi connectivity index (χ4v) is 3.48. The topological polar surface area (TPSA) is 96.7 Å². The molecule has 3 aliphatic rings. The van der Waals surface area contributed by atoms with Crippen LogP contribution in [0.3, 0.4) is 0 Å². The van der Waals surface area contributed by atoms with Crippen molar-refractivity contribution in [2.75, 3.05) is 6.54 Å². The highest BCUT2D eigenvalue weighted by atomic mass is 16.4. The lowest BCUT2D eigenvalue weighted by molar-refractivity contribution is -0.139. The summed E-state index contributed by atoms with van der Waals surface area (Å²) in [6.45, 7) is 0.651. The number of carboxylic acids is 1. The monoisotopic (exact) mass is 299 g/mol. The molecule has 5 heteroatoms.